The maximum Gasteiger partial charge on any atom is 0.131 e. The summed E-state index contributed by atoms with van der Waals surface area (Å²) in [6, 6.07) is 9.69. The average molecular weight is 377 g/mol. The van der Waals surface area contributed by atoms with Gasteiger partial charge in [-0.3, -0.25) is 4.90 Å². The zero-order chi connectivity index (χ0) is 19.8. The molecule has 4 rings (SSSR count). The molecule has 1 aromatic carbocycles. The predicted molar refractivity (Wildman–Crippen MR) is 111 cm³/mol. The van der Waals surface area contributed by atoms with Gasteiger partial charge in [-0.2, -0.15) is 0 Å². The summed E-state index contributed by atoms with van der Waals surface area (Å²) in [5, 5.41) is 9.84. The zero-order valence-corrected chi connectivity index (χ0v) is 17.1. The van der Waals surface area contributed by atoms with Crippen molar-refractivity contribution in [1.29, 1.82) is 0 Å². The Morgan fingerprint density at radius 1 is 1.18 bits per heavy atom. The van der Waals surface area contributed by atoms with Gasteiger partial charge in [-0.1, -0.05) is 19.9 Å². The molecule has 0 unspecified atom stereocenters. The smallest absolute Gasteiger partial charge is 0.131 e. The molecule has 3 heterocycles. The van der Waals surface area contributed by atoms with Crippen molar-refractivity contribution in [2.24, 2.45) is 0 Å². The Kier molecular flexibility index (Phi) is 4.94. The molecule has 0 saturated heterocycles. The maximum absolute atomic E-state index is 9.84. The van der Waals surface area contributed by atoms with Crippen LogP contribution in [-0.2, 0) is 19.5 Å². The van der Waals surface area contributed by atoms with Crippen molar-refractivity contribution >= 4 is 0 Å². The Balaban J connectivity index is 1.55. The summed E-state index contributed by atoms with van der Waals surface area (Å²) in [6.45, 7) is 11.4. The third-order valence-corrected chi connectivity index (χ3v) is 5.57. The van der Waals surface area contributed by atoms with Gasteiger partial charge >= 0.3 is 0 Å². The zero-order valence-electron chi connectivity index (χ0n) is 17.1. The van der Waals surface area contributed by atoms with Crippen LogP contribution in [0, 0.1) is 13.8 Å². The summed E-state index contributed by atoms with van der Waals surface area (Å²) in [5.41, 5.74) is 7.18. The standard InChI is InChI=1S/C23H28N4O/c1-15(2)23-24-12-19-14-26(9-8-22(19)25-23)13-18-10-16(3)27(17(18)4)20-6-5-7-21(28)11-20/h5-7,10-12,15,28H,8-9,13-14H2,1-4H3. The van der Waals surface area contributed by atoms with Crippen LogP contribution in [0.1, 0.15) is 53.8 Å². The van der Waals surface area contributed by atoms with Crippen LogP contribution in [-0.4, -0.2) is 31.1 Å². The number of aromatic hydroxyl groups is 1. The molecule has 0 radical (unpaired) electrons. The summed E-state index contributed by atoms with van der Waals surface area (Å²) in [5.74, 6) is 1.60. The van der Waals surface area contributed by atoms with Crippen LogP contribution < -0.4 is 0 Å². The van der Waals surface area contributed by atoms with E-state index in [0.29, 0.717) is 11.7 Å². The molecule has 0 fully saturated rings. The Morgan fingerprint density at radius 2 is 2.00 bits per heavy atom. The molecule has 0 bridgehead atoms. The first kappa shape index (κ1) is 18.7. The largest absolute Gasteiger partial charge is 0.508 e. The molecule has 0 amide bonds. The number of aryl methyl sites for hydroxylation is 1. The monoisotopic (exact) mass is 376 g/mol. The first-order valence-electron chi connectivity index (χ1n) is 9.96. The van der Waals surface area contributed by atoms with Gasteiger partial charge in [-0.05, 0) is 37.6 Å². The molecule has 0 aliphatic carbocycles. The number of aromatic nitrogens is 3. The van der Waals surface area contributed by atoms with Crippen molar-refractivity contribution < 1.29 is 5.11 Å². The van der Waals surface area contributed by atoms with E-state index in [9.17, 15) is 5.11 Å². The van der Waals surface area contributed by atoms with Crippen molar-refractivity contribution in [2.45, 2.75) is 53.1 Å². The van der Waals surface area contributed by atoms with Crippen molar-refractivity contribution in [3.8, 4) is 11.4 Å². The number of nitrogens with zero attached hydrogens (tertiary/aromatic N) is 4. The van der Waals surface area contributed by atoms with Gasteiger partial charge in [-0.25, -0.2) is 9.97 Å². The fraction of sp³-hybridized carbons (Fsp3) is 0.391. The number of hydrogen-bond donors (Lipinski definition) is 1. The highest BCUT2D eigenvalue weighted by Gasteiger charge is 2.21. The van der Waals surface area contributed by atoms with Crippen molar-refractivity contribution in [3.63, 3.8) is 0 Å². The SMILES string of the molecule is Cc1cc(CN2CCc3nc(C(C)C)ncc3C2)c(C)n1-c1cccc(O)c1. The molecular formula is C23H28N4O. The van der Waals surface area contributed by atoms with Crippen LogP contribution in [0.4, 0.5) is 0 Å². The van der Waals surface area contributed by atoms with E-state index in [-0.39, 0.29) is 0 Å². The van der Waals surface area contributed by atoms with Crippen LogP contribution >= 0.6 is 0 Å². The summed E-state index contributed by atoms with van der Waals surface area (Å²) in [4.78, 5) is 11.8. The van der Waals surface area contributed by atoms with Crippen molar-refractivity contribution in [1.82, 2.24) is 19.4 Å². The molecule has 2 aromatic heterocycles. The molecule has 5 heteroatoms. The maximum atomic E-state index is 9.84. The highest BCUT2D eigenvalue weighted by molar-refractivity contribution is 5.44. The molecule has 0 spiro atoms. The third kappa shape index (κ3) is 3.54. The highest BCUT2D eigenvalue weighted by Crippen LogP contribution is 2.26. The lowest BCUT2D eigenvalue weighted by Gasteiger charge is -2.28. The lowest BCUT2D eigenvalue weighted by Crippen LogP contribution is -2.31. The molecule has 0 atom stereocenters. The molecule has 3 aromatic rings. The van der Waals surface area contributed by atoms with Crippen LogP contribution in [0.25, 0.3) is 5.69 Å². The second-order valence-electron chi connectivity index (χ2n) is 8.07. The summed E-state index contributed by atoms with van der Waals surface area (Å²) in [6.07, 6.45) is 2.99. The van der Waals surface area contributed by atoms with Crippen molar-refractivity contribution in [3.05, 3.63) is 70.6 Å². The number of rotatable bonds is 4. The first-order chi connectivity index (χ1) is 13.4. The number of benzene rings is 1. The minimum Gasteiger partial charge on any atom is -0.508 e. The van der Waals surface area contributed by atoms with E-state index in [0.717, 1.165) is 37.6 Å². The van der Waals surface area contributed by atoms with Gasteiger partial charge in [0, 0.05) is 72.6 Å². The minimum atomic E-state index is 0.292. The van der Waals surface area contributed by atoms with Gasteiger partial charge < -0.3 is 9.67 Å². The molecule has 28 heavy (non-hydrogen) atoms. The van der Waals surface area contributed by atoms with E-state index in [1.165, 1.54) is 28.2 Å². The van der Waals surface area contributed by atoms with Gasteiger partial charge in [0.25, 0.3) is 0 Å². The van der Waals surface area contributed by atoms with Gasteiger partial charge in [0.05, 0.1) is 0 Å². The summed E-state index contributed by atoms with van der Waals surface area (Å²) < 4.78 is 2.21. The fourth-order valence-electron chi connectivity index (χ4n) is 4.06. The van der Waals surface area contributed by atoms with E-state index in [1.807, 2.05) is 24.4 Å². The molecule has 5 nitrogen and oxygen atoms in total. The lowest BCUT2D eigenvalue weighted by molar-refractivity contribution is 0.242. The molecule has 1 N–H and O–H groups in total. The van der Waals surface area contributed by atoms with Gasteiger partial charge in [0.15, 0.2) is 0 Å². The first-order valence-corrected chi connectivity index (χ1v) is 9.96. The Labute approximate surface area is 166 Å². The number of hydrogen-bond acceptors (Lipinski definition) is 4. The van der Waals surface area contributed by atoms with Crippen LogP contribution in [0.3, 0.4) is 0 Å². The number of phenols is 1. The van der Waals surface area contributed by atoms with Crippen LogP contribution in [0.2, 0.25) is 0 Å². The van der Waals surface area contributed by atoms with Crippen molar-refractivity contribution in [2.75, 3.05) is 6.54 Å². The average Bonchev–Trinajstić information content (AvgIpc) is 2.94. The van der Waals surface area contributed by atoms with Gasteiger partial charge in [0.2, 0.25) is 0 Å². The lowest BCUT2D eigenvalue weighted by atomic mass is 10.1. The molecule has 146 valence electrons. The molecule has 1 aliphatic heterocycles. The topological polar surface area (TPSA) is 54.2 Å². The Bertz CT molecular complexity index is 1010. The van der Waals surface area contributed by atoms with E-state index < -0.39 is 0 Å². The normalized spacial score (nSPS) is 14.5. The van der Waals surface area contributed by atoms with E-state index >= 15 is 0 Å². The van der Waals surface area contributed by atoms with Crippen LogP contribution in [0.15, 0.2) is 36.5 Å². The number of phenolic OH excluding ortho intramolecular Hbond substituents is 1. The third-order valence-electron chi connectivity index (χ3n) is 5.57. The quantitative estimate of drug-likeness (QED) is 0.739. The predicted octanol–water partition coefficient (Wildman–Crippen LogP) is 4.27. The molecule has 0 saturated carbocycles. The van der Waals surface area contributed by atoms with E-state index in [1.54, 1.807) is 6.07 Å². The number of fused-ring (bicyclic) bond motifs is 1. The summed E-state index contributed by atoms with van der Waals surface area (Å²) in [7, 11) is 0. The Morgan fingerprint density at radius 3 is 2.75 bits per heavy atom. The highest BCUT2D eigenvalue weighted by atomic mass is 16.3. The van der Waals surface area contributed by atoms with Gasteiger partial charge in [-0.15, -0.1) is 0 Å². The molecular weight excluding hydrogens is 348 g/mol. The minimum absolute atomic E-state index is 0.292. The fourth-order valence-corrected chi connectivity index (χ4v) is 4.06. The molecule has 1 aliphatic rings. The van der Waals surface area contributed by atoms with E-state index in [4.69, 9.17) is 4.98 Å². The van der Waals surface area contributed by atoms with Crippen LogP contribution in [0.5, 0.6) is 5.75 Å². The van der Waals surface area contributed by atoms with E-state index in [2.05, 4.69) is 48.2 Å². The van der Waals surface area contributed by atoms with Gasteiger partial charge in [0.1, 0.15) is 11.6 Å². The second-order valence-corrected chi connectivity index (χ2v) is 8.07. The Hall–Kier alpha value is -2.66. The second kappa shape index (κ2) is 7.40. The summed E-state index contributed by atoms with van der Waals surface area (Å²) >= 11 is 0.